The minimum Gasteiger partial charge on any atom is -0.337 e. The van der Waals surface area contributed by atoms with Gasteiger partial charge in [0.25, 0.3) is 5.91 Å². The molecule has 0 spiro atoms. The molecular weight excluding hydrogens is 336 g/mol. The molecule has 1 atom stereocenters. The summed E-state index contributed by atoms with van der Waals surface area (Å²) in [5.41, 5.74) is 8.19. The van der Waals surface area contributed by atoms with Crippen LogP contribution >= 0.6 is 11.3 Å². The van der Waals surface area contributed by atoms with Gasteiger partial charge in [0.05, 0.1) is 17.1 Å². The molecule has 1 aliphatic rings. The lowest BCUT2D eigenvalue weighted by atomic mass is 10.0. The van der Waals surface area contributed by atoms with Crippen molar-refractivity contribution < 1.29 is 4.79 Å². The number of amides is 1. The van der Waals surface area contributed by atoms with Crippen LogP contribution in [0.25, 0.3) is 11.2 Å². The highest BCUT2D eigenvalue weighted by Crippen LogP contribution is 2.31. The summed E-state index contributed by atoms with van der Waals surface area (Å²) in [6.45, 7) is 4.54. The van der Waals surface area contributed by atoms with Gasteiger partial charge >= 0.3 is 0 Å². The van der Waals surface area contributed by atoms with Gasteiger partial charge < -0.3 is 10.6 Å². The van der Waals surface area contributed by atoms with Gasteiger partial charge in [-0.2, -0.15) is 5.10 Å². The van der Waals surface area contributed by atoms with Crippen LogP contribution in [0.3, 0.4) is 0 Å². The third-order valence-electron chi connectivity index (χ3n) is 4.55. The molecule has 1 saturated heterocycles. The van der Waals surface area contributed by atoms with Gasteiger partial charge in [0.1, 0.15) is 5.52 Å². The first-order valence-electron chi connectivity index (χ1n) is 8.40. The summed E-state index contributed by atoms with van der Waals surface area (Å²) in [7, 11) is 0. The Hall–Kier alpha value is -2.32. The number of carbonyl (C=O) groups is 1. The highest BCUT2D eigenvalue weighted by Gasteiger charge is 2.32. The zero-order valence-corrected chi connectivity index (χ0v) is 14.9. The standard InChI is InChI=1S/C17H20N6OS/c1-11-2-3-13(25-11)17(24)22-8-4-12(10-22)14-15-16(20-7-6-19-15)23(21-14)9-5-18/h2-3,6-7,12H,4-5,8-10,18H2,1H3. The van der Waals surface area contributed by atoms with E-state index in [9.17, 15) is 4.79 Å². The van der Waals surface area contributed by atoms with Gasteiger partial charge in [-0.15, -0.1) is 11.3 Å². The number of likely N-dealkylation sites (tertiary alicyclic amines) is 1. The Morgan fingerprint density at radius 3 is 2.96 bits per heavy atom. The van der Waals surface area contributed by atoms with Crippen molar-refractivity contribution in [3.05, 3.63) is 40.0 Å². The zero-order valence-electron chi connectivity index (χ0n) is 14.1. The smallest absolute Gasteiger partial charge is 0.263 e. The first-order valence-corrected chi connectivity index (χ1v) is 9.22. The lowest BCUT2D eigenvalue weighted by Crippen LogP contribution is -2.27. The summed E-state index contributed by atoms with van der Waals surface area (Å²) < 4.78 is 1.82. The van der Waals surface area contributed by atoms with Crippen LogP contribution < -0.4 is 5.73 Å². The molecule has 1 fully saturated rings. The van der Waals surface area contributed by atoms with Gasteiger partial charge in [0.15, 0.2) is 5.65 Å². The molecule has 1 amide bonds. The van der Waals surface area contributed by atoms with Crippen LogP contribution in [0.5, 0.6) is 0 Å². The maximum atomic E-state index is 12.7. The number of aromatic nitrogens is 4. The van der Waals surface area contributed by atoms with Crippen molar-refractivity contribution in [2.45, 2.75) is 25.8 Å². The second-order valence-electron chi connectivity index (χ2n) is 6.27. The second-order valence-corrected chi connectivity index (χ2v) is 7.56. The predicted octanol–water partition coefficient (Wildman–Crippen LogP) is 1.78. The fraction of sp³-hybridized carbons (Fsp3) is 0.412. The van der Waals surface area contributed by atoms with Gasteiger partial charge in [-0.25, -0.2) is 14.6 Å². The molecule has 7 nitrogen and oxygen atoms in total. The molecule has 1 aliphatic heterocycles. The first kappa shape index (κ1) is 16.2. The Balaban J connectivity index is 1.59. The molecule has 4 rings (SSSR count). The Morgan fingerprint density at radius 1 is 1.36 bits per heavy atom. The van der Waals surface area contributed by atoms with Crippen molar-refractivity contribution in [3.8, 4) is 0 Å². The summed E-state index contributed by atoms with van der Waals surface area (Å²) in [6.07, 6.45) is 4.25. The minimum absolute atomic E-state index is 0.109. The predicted molar refractivity (Wildman–Crippen MR) is 96.7 cm³/mol. The van der Waals surface area contributed by atoms with E-state index in [4.69, 9.17) is 10.8 Å². The maximum Gasteiger partial charge on any atom is 0.263 e. The molecule has 3 aromatic heterocycles. The third-order valence-corrected chi connectivity index (χ3v) is 5.54. The average molecular weight is 356 g/mol. The number of nitrogens with two attached hydrogens (primary N) is 1. The Kier molecular flexibility index (Phi) is 4.22. The SMILES string of the molecule is Cc1ccc(C(=O)N2CCC(c3nn(CCN)c4nccnc34)C2)s1. The fourth-order valence-electron chi connectivity index (χ4n) is 3.35. The number of thiophene rings is 1. The van der Waals surface area contributed by atoms with Crippen molar-refractivity contribution >= 4 is 28.4 Å². The molecule has 1 unspecified atom stereocenters. The topological polar surface area (TPSA) is 89.9 Å². The van der Waals surface area contributed by atoms with Crippen LogP contribution in [0.4, 0.5) is 0 Å². The molecule has 3 aromatic rings. The monoisotopic (exact) mass is 356 g/mol. The van der Waals surface area contributed by atoms with E-state index in [1.165, 1.54) is 0 Å². The van der Waals surface area contributed by atoms with Crippen LogP contribution in [0.15, 0.2) is 24.5 Å². The highest BCUT2D eigenvalue weighted by atomic mass is 32.1. The van der Waals surface area contributed by atoms with Gasteiger partial charge in [-0.1, -0.05) is 0 Å². The molecule has 0 aliphatic carbocycles. The highest BCUT2D eigenvalue weighted by molar-refractivity contribution is 7.13. The largest absolute Gasteiger partial charge is 0.337 e. The van der Waals surface area contributed by atoms with Crippen LogP contribution in [0, 0.1) is 6.92 Å². The second kappa shape index (κ2) is 6.53. The van der Waals surface area contributed by atoms with E-state index in [2.05, 4.69) is 9.97 Å². The molecule has 25 heavy (non-hydrogen) atoms. The van der Waals surface area contributed by atoms with Crippen LogP contribution in [-0.4, -0.2) is 50.2 Å². The summed E-state index contributed by atoms with van der Waals surface area (Å²) in [4.78, 5) is 25.4. The number of hydrogen-bond donors (Lipinski definition) is 1. The molecule has 4 heterocycles. The molecule has 0 aromatic carbocycles. The number of rotatable bonds is 4. The summed E-state index contributed by atoms with van der Waals surface area (Å²) >= 11 is 1.55. The van der Waals surface area contributed by atoms with Crippen molar-refractivity contribution in [3.63, 3.8) is 0 Å². The number of carbonyl (C=O) groups excluding carboxylic acids is 1. The van der Waals surface area contributed by atoms with E-state index in [0.29, 0.717) is 19.6 Å². The molecule has 8 heteroatoms. The fourth-order valence-corrected chi connectivity index (χ4v) is 4.19. The van der Waals surface area contributed by atoms with Crippen LogP contribution in [0.2, 0.25) is 0 Å². The summed E-state index contributed by atoms with van der Waals surface area (Å²) in [5.74, 6) is 0.292. The molecule has 0 saturated carbocycles. The summed E-state index contributed by atoms with van der Waals surface area (Å²) in [6, 6.07) is 3.90. The molecular formula is C17H20N6OS. The number of aryl methyl sites for hydroxylation is 1. The normalized spacial score (nSPS) is 17.5. The minimum atomic E-state index is 0.109. The average Bonchev–Trinajstić information content (AvgIpc) is 3.33. The van der Waals surface area contributed by atoms with Crippen molar-refractivity contribution in [2.24, 2.45) is 5.73 Å². The van der Waals surface area contributed by atoms with Crippen LogP contribution in [-0.2, 0) is 6.54 Å². The van der Waals surface area contributed by atoms with E-state index in [-0.39, 0.29) is 11.8 Å². The van der Waals surface area contributed by atoms with Crippen molar-refractivity contribution in [1.29, 1.82) is 0 Å². The Bertz CT molecular complexity index is 917. The van der Waals surface area contributed by atoms with Gasteiger partial charge in [0.2, 0.25) is 0 Å². The number of nitrogens with zero attached hydrogens (tertiary/aromatic N) is 5. The van der Waals surface area contributed by atoms with Crippen molar-refractivity contribution in [2.75, 3.05) is 19.6 Å². The molecule has 0 radical (unpaired) electrons. The van der Waals surface area contributed by atoms with E-state index in [1.54, 1.807) is 23.7 Å². The molecule has 0 bridgehead atoms. The zero-order chi connectivity index (χ0) is 17.4. The van der Waals surface area contributed by atoms with Crippen molar-refractivity contribution in [1.82, 2.24) is 24.6 Å². The lowest BCUT2D eigenvalue weighted by Gasteiger charge is -2.15. The lowest BCUT2D eigenvalue weighted by molar-refractivity contribution is 0.0795. The van der Waals surface area contributed by atoms with E-state index in [1.807, 2.05) is 28.6 Å². The van der Waals surface area contributed by atoms with Gasteiger partial charge in [-0.3, -0.25) is 4.79 Å². The number of fused-ring (bicyclic) bond motifs is 1. The third kappa shape index (κ3) is 2.91. The van der Waals surface area contributed by atoms with E-state index >= 15 is 0 Å². The quantitative estimate of drug-likeness (QED) is 0.770. The Morgan fingerprint density at radius 2 is 2.20 bits per heavy atom. The molecule has 2 N–H and O–H groups in total. The van der Waals surface area contributed by atoms with Gasteiger partial charge in [0, 0.05) is 42.8 Å². The number of hydrogen-bond acceptors (Lipinski definition) is 6. The first-order chi connectivity index (χ1) is 12.2. The summed E-state index contributed by atoms with van der Waals surface area (Å²) in [5, 5.41) is 4.71. The van der Waals surface area contributed by atoms with Gasteiger partial charge in [-0.05, 0) is 25.5 Å². The van der Waals surface area contributed by atoms with Crippen LogP contribution in [0.1, 0.15) is 32.6 Å². The van der Waals surface area contributed by atoms with E-state index < -0.39 is 0 Å². The van der Waals surface area contributed by atoms with E-state index in [0.717, 1.165) is 39.6 Å². The maximum absolute atomic E-state index is 12.7. The molecule has 130 valence electrons. The Labute approximate surface area is 149 Å².